The standard InChI is InChI=1S/C21H23F3O5S.C6H14N2O2/c1-3-27-17(11-28-16-6-4-15(5-7-16)21(22,23)24)13-30-18-8-9-19(14(2)10-18)29-12-20(25)26;7-4-2-1-3-5(8)6(9)10/h4-10,17H,3,11-13H2,1-2H3,(H,25,26);5H,1-4,7-8H2,(H,9,10)/t17-;5-/m11/s1. The number of unbranched alkanes of at least 4 members (excludes halogenated alkanes) is 1. The van der Waals surface area contributed by atoms with Gasteiger partial charge < -0.3 is 35.9 Å². The summed E-state index contributed by atoms with van der Waals surface area (Å²) in [6.07, 6.45) is -2.47. The summed E-state index contributed by atoms with van der Waals surface area (Å²) >= 11 is 1.53. The van der Waals surface area contributed by atoms with E-state index in [1.165, 1.54) is 23.9 Å². The van der Waals surface area contributed by atoms with Crippen LogP contribution in [0.2, 0.25) is 0 Å². The molecule has 0 unspecified atom stereocenters. The molecule has 0 aliphatic heterocycles. The van der Waals surface area contributed by atoms with Crippen molar-refractivity contribution in [2.45, 2.75) is 56.3 Å². The van der Waals surface area contributed by atoms with E-state index in [2.05, 4.69) is 0 Å². The highest BCUT2D eigenvalue weighted by atomic mass is 32.2. The molecule has 0 amide bonds. The molecule has 0 saturated carbocycles. The monoisotopic (exact) mass is 590 g/mol. The fourth-order valence-corrected chi connectivity index (χ4v) is 4.14. The van der Waals surface area contributed by atoms with Gasteiger partial charge in [0.15, 0.2) is 6.61 Å². The van der Waals surface area contributed by atoms with E-state index in [1.807, 2.05) is 26.0 Å². The second kappa shape index (κ2) is 18.4. The molecule has 0 saturated heterocycles. The number of thioether (sulfide) groups is 1. The van der Waals surface area contributed by atoms with Gasteiger partial charge in [0.05, 0.1) is 5.56 Å². The number of halogens is 3. The third-order valence-electron chi connectivity index (χ3n) is 5.24. The molecule has 0 spiro atoms. The number of carboxylic acids is 2. The molecule has 6 N–H and O–H groups in total. The maximum absolute atomic E-state index is 12.6. The maximum Gasteiger partial charge on any atom is 0.416 e. The fourth-order valence-electron chi connectivity index (χ4n) is 3.14. The number of ether oxygens (including phenoxy) is 3. The topological polar surface area (TPSA) is 154 Å². The quantitative estimate of drug-likeness (QED) is 0.161. The van der Waals surface area contributed by atoms with E-state index in [9.17, 15) is 22.8 Å². The predicted molar refractivity (Wildman–Crippen MR) is 146 cm³/mol. The minimum atomic E-state index is -4.38. The second-order valence-corrected chi connectivity index (χ2v) is 9.65. The van der Waals surface area contributed by atoms with Crippen LogP contribution >= 0.6 is 11.8 Å². The van der Waals surface area contributed by atoms with Crippen molar-refractivity contribution < 1.29 is 47.2 Å². The predicted octanol–water partition coefficient (Wildman–Crippen LogP) is 4.58. The van der Waals surface area contributed by atoms with Crippen LogP contribution in [0.5, 0.6) is 11.5 Å². The van der Waals surface area contributed by atoms with Crippen molar-refractivity contribution in [2.24, 2.45) is 11.5 Å². The second-order valence-electron chi connectivity index (χ2n) is 8.56. The minimum absolute atomic E-state index is 0.199. The van der Waals surface area contributed by atoms with Crippen LogP contribution in [0, 0.1) is 6.92 Å². The number of hydrogen-bond acceptors (Lipinski definition) is 8. The maximum atomic E-state index is 12.6. The number of carbonyl (C=O) groups is 2. The van der Waals surface area contributed by atoms with Crippen LogP contribution in [0.1, 0.15) is 37.3 Å². The molecule has 0 aliphatic rings. The molecule has 2 atom stereocenters. The van der Waals surface area contributed by atoms with Gasteiger partial charge in [-0.25, -0.2) is 4.79 Å². The largest absolute Gasteiger partial charge is 0.491 e. The summed E-state index contributed by atoms with van der Waals surface area (Å²) in [5.74, 6) is -0.553. The Morgan fingerprint density at radius 2 is 1.73 bits per heavy atom. The molecule has 0 aromatic heterocycles. The van der Waals surface area contributed by atoms with Crippen LogP contribution in [0.4, 0.5) is 13.2 Å². The van der Waals surface area contributed by atoms with E-state index >= 15 is 0 Å². The fraction of sp³-hybridized carbons (Fsp3) is 0.481. The van der Waals surface area contributed by atoms with E-state index in [0.29, 0.717) is 36.8 Å². The first kappa shape index (κ1) is 35.0. The molecule has 2 aromatic carbocycles. The lowest BCUT2D eigenvalue weighted by molar-refractivity contribution is -0.140. The number of aliphatic carboxylic acids is 2. The van der Waals surface area contributed by atoms with Crippen LogP contribution < -0.4 is 20.9 Å². The molecule has 0 heterocycles. The van der Waals surface area contributed by atoms with Crippen LogP contribution in [0.25, 0.3) is 0 Å². The number of carboxylic acid groups (broad SMARTS) is 2. The van der Waals surface area contributed by atoms with E-state index in [1.54, 1.807) is 6.07 Å². The highest BCUT2D eigenvalue weighted by Crippen LogP contribution is 2.30. The molecule has 2 aromatic rings. The Kier molecular flexibility index (Phi) is 16.1. The van der Waals surface area contributed by atoms with E-state index < -0.39 is 36.3 Å². The van der Waals surface area contributed by atoms with Gasteiger partial charge in [-0.3, -0.25) is 4.79 Å². The van der Waals surface area contributed by atoms with Gasteiger partial charge in [-0.15, -0.1) is 11.8 Å². The Morgan fingerprint density at radius 3 is 2.25 bits per heavy atom. The Labute approximate surface area is 236 Å². The van der Waals surface area contributed by atoms with Crippen molar-refractivity contribution in [3.8, 4) is 11.5 Å². The molecular weight excluding hydrogens is 553 g/mol. The molecule has 13 heteroatoms. The Balaban J connectivity index is 0.000000680. The average molecular weight is 591 g/mol. The van der Waals surface area contributed by atoms with E-state index in [0.717, 1.165) is 35.4 Å². The van der Waals surface area contributed by atoms with Gasteiger partial charge in [0.1, 0.15) is 30.3 Å². The average Bonchev–Trinajstić information content (AvgIpc) is 2.89. The molecule has 224 valence electrons. The van der Waals surface area contributed by atoms with E-state index in [4.69, 9.17) is 35.9 Å². The first-order valence-corrected chi connectivity index (χ1v) is 13.5. The third kappa shape index (κ3) is 14.4. The Morgan fingerprint density at radius 1 is 1.05 bits per heavy atom. The van der Waals surface area contributed by atoms with Crippen LogP contribution in [0.15, 0.2) is 47.4 Å². The highest BCUT2D eigenvalue weighted by molar-refractivity contribution is 7.99. The summed E-state index contributed by atoms with van der Waals surface area (Å²) < 4.78 is 54.4. The van der Waals surface area contributed by atoms with Crippen molar-refractivity contribution in [3.05, 3.63) is 53.6 Å². The lowest BCUT2D eigenvalue weighted by atomic mass is 10.1. The van der Waals surface area contributed by atoms with Gasteiger partial charge in [0.25, 0.3) is 0 Å². The molecule has 40 heavy (non-hydrogen) atoms. The molecule has 0 bridgehead atoms. The van der Waals surface area contributed by atoms with Crippen LogP contribution in [0.3, 0.4) is 0 Å². The van der Waals surface area contributed by atoms with Crippen molar-refractivity contribution in [1.29, 1.82) is 0 Å². The number of hydrogen-bond donors (Lipinski definition) is 4. The highest BCUT2D eigenvalue weighted by Gasteiger charge is 2.30. The summed E-state index contributed by atoms with van der Waals surface area (Å²) in [4.78, 5) is 21.7. The van der Waals surface area contributed by atoms with E-state index in [-0.39, 0.29) is 12.7 Å². The first-order chi connectivity index (χ1) is 18.9. The van der Waals surface area contributed by atoms with Gasteiger partial charge in [0.2, 0.25) is 0 Å². The van der Waals surface area contributed by atoms with Crippen molar-refractivity contribution in [3.63, 3.8) is 0 Å². The zero-order valence-electron chi connectivity index (χ0n) is 22.5. The summed E-state index contributed by atoms with van der Waals surface area (Å²) in [7, 11) is 0. The number of alkyl halides is 3. The van der Waals surface area contributed by atoms with Gasteiger partial charge in [-0.05, 0) is 81.3 Å². The number of aryl methyl sites for hydroxylation is 1. The molecule has 0 aliphatic carbocycles. The zero-order chi connectivity index (χ0) is 30.1. The molecule has 2 rings (SSSR count). The smallest absolute Gasteiger partial charge is 0.416 e. The molecule has 9 nitrogen and oxygen atoms in total. The summed E-state index contributed by atoms with van der Waals surface area (Å²) in [5, 5.41) is 17.0. The van der Waals surface area contributed by atoms with Crippen LogP contribution in [-0.4, -0.2) is 66.4 Å². The Hall–Kier alpha value is -3.00. The summed E-state index contributed by atoms with van der Waals surface area (Å²) in [5.41, 5.74) is 10.5. The molecule has 0 radical (unpaired) electrons. The van der Waals surface area contributed by atoms with Gasteiger partial charge in [0, 0.05) is 17.3 Å². The number of benzene rings is 2. The Bertz CT molecular complexity index is 1040. The van der Waals surface area contributed by atoms with Gasteiger partial charge in [-0.2, -0.15) is 13.2 Å². The zero-order valence-corrected chi connectivity index (χ0v) is 23.3. The third-order valence-corrected chi connectivity index (χ3v) is 6.37. The van der Waals surface area contributed by atoms with Crippen molar-refractivity contribution in [2.75, 3.05) is 32.1 Å². The molecular formula is C27H37F3N2O7S. The van der Waals surface area contributed by atoms with Gasteiger partial charge in [-0.1, -0.05) is 6.42 Å². The normalized spacial score (nSPS) is 12.6. The number of rotatable bonds is 16. The molecule has 0 fully saturated rings. The summed E-state index contributed by atoms with van der Waals surface area (Å²) in [6, 6.07) is 9.26. The van der Waals surface area contributed by atoms with Crippen molar-refractivity contribution >= 4 is 23.7 Å². The van der Waals surface area contributed by atoms with Crippen molar-refractivity contribution in [1.82, 2.24) is 0 Å². The lowest BCUT2D eigenvalue weighted by Gasteiger charge is -2.18. The number of nitrogens with two attached hydrogens (primary N) is 2. The minimum Gasteiger partial charge on any atom is -0.491 e. The summed E-state index contributed by atoms with van der Waals surface area (Å²) in [6.45, 7) is 4.56. The SMILES string of the molecule is CCO[C@H](COc1ccc(C(F)(F)F)cc1)CSc1ccc(OCC(=O)O)c(C)c1.NCCCC[C@@H](N)C(=O)O. The lowest BCUT2D eigenvalue weighted by Crippen LogP contribution is -2.29. The van der Waals surface area contributed by atoms with Gasteiger partial charge >= 0.3 is 18.1 Å². The van der Waals surface area contributed by atoms with Crippen LogP contribution in [-0.2, 0) is 20.5 Å². The first-order valence-electron chi connectivity index (χ1n) is 12.6.